The van der Waals surface area contributed by atoms with E-state index >= 15 is 0 Å². The highest BCUT2D eigenvalue weighted by atomic mass is 32.2. The fraction of sp³-hybridized carbons (Fsp3) is 0.0833. The number of carbonyl (C=O) groups is 1. The molecule has 2 heterocycles. The standard InChI is InChI=1S/C12H8N2O4S/c13-6-9-5-8(3-4-14-9)7-19(17)11-2-1-10(18-11)12(15)16/h1-5H,7H2,(H,15,16). The van der Waals surface area contributed by atoms with Gasteiger partial charge in [0.05, 0.1) is 16.6 Å². The van der Waals surface area contributed by atoms with Crippen molar-refractivity contribution in [3.8, 4) is 6.07 Å². The fourth-order valence-corrected chi connectivity index (χ4v) is 2.43. The molecule has 7 heteroatoms. The molecule has 2 aromatic heterocycles. The lowest BCUT2D eigenvalue weighted by molar-refractivity contribution is 0.0656. The molecule has 96 valence electrons. The van der Waals surface area contributed by atoms with Crippen molar-refractivity contribution in [3.63, 3.8) is 0 Å². The number of hydrogen-bond acceptors (Lipinski definition) is 5. The van der Waals surface area contributed by atoms with Crippen LogP contribution in [-0.2, 0) is 16.6 Å². The average molecular weight is 276 g/mol. The molecular formula is C12H8N2O4S. The summed E-state index contributed by atoms with van der Waals surface area (Å²) in [5, 5.41) is 17.5. The van der Waals surface area contributed by atoms with E-state index in [4.69, 9.17) is 14.8 Å². The maximum atomic E-state index is 12.0. The molecule has 0 aliphatic rings. The van der Waals surface area contributed by atoms with Crippen molar-refractivity contribution < 1.29 is 18.5 Å². The molecule has 0 radical (unpaired) electrons. The lowest BCUT2D eigenvalue weighted by Gasteiger charge is -1.99. The zero-order valence-corrected chi connectivity index (χ0v) is 10.4. The Balaban J connectivity index is 2.16. The van der Waals surface area contributed by atoms with E-state index in [1.54, 1.807) is 6.07 Å². The van der Waals surface area contributed by atoms with Gasteiger partial charge < -0.3 is 9.52 Å². The minimum atomic E-state index is -1.51. The zero-order valence-electron chi connectivity index (χ0n) is 9.57. The molecule has 1 N–H and O–H groups in total. The van der Waals surface area contributed by atoms with E-state index in [-0.39, 0.29) is 22.3 Å². The van der Waals surface area contributed by atoms with Gasteiger partial charge in [-0.1, -0.05) is 0 Å². The van der Waals surface area contributed by atoms with Crippen molar-refractivity contribution in [3.05, 3.63) is 47.5 Å². The van der Waals surface area contributed by atoms with Gasteiger partial charge in [-0.2, -0.15) is 5.26 Å². The third-order valence-corrected chi connectivity index (χ3v) is 3.52. The van der Waals surface area contributed by atoms with Gasteiger partial charge in [-0.15, -0.1) is 0 Å². The minimum Gasteiger partial charge on any atom is -0.475 e. The molecule has 1 unspecified atom stereocenters. The third kappa shape index (κ3) is 3.05. The number of aromatic nitrogens is 1. The molecule has 19 heavy (non-hydrogen) atoms. The van der Waals surface area contributed by atoms with Gasteiger partial charge in [-0.3, -0.25) is 4.21 Å². The van der Waals surface area contributed by atoms with E-state index in [0.717, 1.165) is 0 Å². The molecule has 0 bridgehead atoms. The number of carboxylic acid groups (broad SMARTS) is 1. The van der Waals surface area contributed by atoms with Crippen LogP contribution in [0.5, 0.6) is 0 Å². The van der Waals surface area contributed by atoms with Crippen LogP contribution in [0.25, 0.3) is 0 Å². The second kappa shape index (κ2) is 5.46. The van der Waals surface area contributed by atoms with E-state index in [9.17, 15) is 9.00 Å². The summed E-state index contributed by atoms with van der Waals surface area (Å²) in [6, 6.07) is 7.67. The van der Waals surface area contributed by atoms with Crippen LogP contribution in [-0.4, -0.2) is 20.3 Å². The summed E-state index contributed by atoms with van der Waals surface area (Å²) in [7, 11) is -1.51. The lowest BCUT2D eigenvalue weighted by atomic mass is 10.2. The molecule has 0 aliphatic carbocycles. The van der Waals surface area contributed by atoms with Crippen LogP contribution in [0.2, 0.25) is 0 Å². The summed E-state index contributed by atoms with van der Waals surface area (Å²) in [6.07, 6.45) is 1.45. The lowest BCUT2D eigenvalue weighted by Crippen LogP contribution is -1.97. The Morgan fingerprint density at radius 2 is 2.26 bits per heavy atom. The largest absolute Gasteiger partial charge is 0.475 e. The number of nitrogens with zero attached hydrogens (tertiary/aromatic N) is 2. The van der Waals surface area contributed by atoms with Gasteiger partial charge in [-0.05, 0) is 29.8 Å². The first kappa shape index (κ1) is 13.0. The Kier molecular flexibility index (Phi) is 3.73. The normalized spacial score (nSPS) is 11.7. The summed E-state index contributed by atoms with van der Waals surface area (Å²) in [6.45, 7) is 0. The number of carboxylic acids is 1. The van der Waals surface area contributed by atoms with Crippen molar-refractivity contribution in [2.75, 3.05) is 0 Å². The number of hydrogen-bond donors (Lipinski definition) is 1. The molecule has 2 rings (SSSR count). The number of aromatic carboxylic acids is 1. The molecule has 0 aromatic carbocycles. The van der Waals surface area contributed by atoms with Crippen LogP contribution >= 0.6 is 0 Å². The quantitative estimate of drug-likeness (QED) is 0.908. The first-order valence-corrected chi connectivity index (χ1v) is 6.48. The molecule has 0 saturated carbocycles. The highest BCUT2D eigenvalue weighted by molar-refractivity contribution is 7.84. The first-order chi connectivity index (χ1) is 9.10. The second-order valence-corrected chi connectivity index (χ2v) is 4.96. The highest BCUT2D eigenvalue weighted by Crippen LogP contribution is 2.16. The maximum absolute atomic E-state index is 12.0. The monoisotopic (exact) mass is 276 g/mol. The van der Waals surface area contributed by atoms with E-state index in [2.05, 4.69) is 4.98 Å². The molecule has 6 nitrogen and oxygen atoms in total. The summed E-state index contributed by atoms with van der Waals surface area (Å²) in [4.78, 5) is 14.4. The van der Waals surface area contributed by atoms with Gasteiger partial charge in [0.25, 0.3) is 0 Å². The summed E-state index contributed by atoms with van der Waals surface area (Å²) in [5.41, 5.74) is 0.901. The minimum absolute atomic E-state index is 0.0905. The molecule has 0 fully saturated rings. The van der Waals surface area contributed by atoms with Crippen LogP contribution < -0.4 is 0 Å². The molecule has 0 aliphatic heterocycles. The maximum Gasteiger partial charge on any atom is 0.371 e. The van der Waals surface area contributed by atoms with Crippen LogP contribution in [0.4, 0.5) is 0 Å². The Morgan fingerprint density at radius 3 is 2.89 bits per heavy atom. The zero-order chi connectivity index (χ0) is 13.8. The Hall–Kier alpha value is -2.46. The Bertz CT molecular complexity index is 687. The SMILES string of the molecule is N#Cc1cc(CS(=O)c2ccc(C(=O)O)o2)ccn1. The van der Waals surface area contributed by atoms with E-state index in [1.165, 1.54) is 24.4 Å². The number of rotatable bonds is 4. The number of nitriles is 1. The van der Waals surface area contributed by atoms with Gasteiger partial charge >= 0.3 is 5.97 Å². The summed E-state index contributed by atoms with van der Waals surface area (Å²) in [5.74, 6) is -1.33. The molecule has 0 amide bonds. The van der Waals surface area contributed by atoms with E-state index in [1.807, 2.05) is 6.07 Å². The highest BCUT2D eigenvalue weighted by Gasteiger charge is 2.14. The molecule has 0 saturated heterocycles. The van der Waals surface area contributed by atoms with Crippen molar-refractivity contribution >= 4 is 16.8 Å². The third-order valence-electron chi connectivity index (χ3n) is 2.25. The summed E-state index contributed by atoms with van der Waals surface area (Å²) < 4.78 is 16.9. The Morgan fingerprint density at radius 1 is 1.47 bits per heavy atom. The molecule has 1 atom stereocenters. The molecule has 2 aromatic rings. The van der Waals surface area contributed by atoms with Gasteiger partial charge in [0.1, 0.15) is 11.8 Å². The summed E-state index contributed by atoms with van der Waals surface area (Å²) >= 11 is 0. The van der Waals surface area contributed by atoms with Gasteiger partial charge in [0.15, 0.2) is 5.09 Å². The number of furan rings is 1. The fourth-order valence-electron chi connectivity index (χ4n) is 1.41. The van der Waals surface area contributed by atoms with E-state index in [0.29, 0.717) is 5.56 Å². The van der Waals surface area contributed by atoms with E-state index < -0.39 is 16.8 Å². The predicted octanol–water partition coefficient (Wildman–Crippen LogP) is 1.55. The van der Waals surface area contributed by atoms with Crippen LogP contribution in [0.3, 0.4) is 0 Å². The predicted molar refractivity (Wildman–Crippen MR) is 64.7 cm³/mol. The smallest absolute Gasteiger partial charge is 0.371 e. The second-order valence-electron chi connectivity index (χ2n) is 3.57. The van der Waals surface area contributed by atoms with Crippen LogP contribution in [0, 0.1) is 11.3 Å². The first-order valence-electron chi connectivity index (χ1n) is 5.16. The number of pyridine rings is 1. The van der Waals surface area contributed by atoms with Gasteiger partial charge in [0.2, 0.25) is 5.76 Å². The van der Waals surface area contributed by atoms with Crippen molar-refractivity contribution in [2.45, 2.75) is 10.8 Å². The van der Waals surface area contributed by atoms with Crippen LogP contribution in [0.1, 0.15) is 21.8 Å². The average Bonchev–Trinajstić information content (AvgIpc) is 2.89. The molecular weight excluding hydrogens is 268 g/mol. The van der Waals surface area contributed by atoms with Crippen molar-refractivity contribution in [1.82, 2.24) is 4.98 Å². The Labute approximate surface area is 110 Å². The topological polar surface area (TPSA) is 104 Å². The van der Waals surface area contributed by atoms with Gasteiger partial charge in [-0.25, -0.2) is 9.78 Å². The van der Waals surface area contributed by atoms with Crippen molar-refractivity contribution in [1.29, 1.82) is 5.26 Å². The molecule has 0 spiro atoms. The van der Waals surface area contributed by atoms with Gasteiger partial charge in [0, 0.05) is 6.20 Å². The van der Waals surface area contributed by atoms with Crippen molar-refractivity contribution in [2.24, 2.45) is 0 Å². The van der Waals surface area contributed by atoms with Crippen LogP contribution in [0.15, 0.2) is 40.0 Å².